The molecule has 1 amide bonds. The molecule has 1 aliphatic carbocycles. The van der Waals surface area contributed by atoms with Crippen LogP contribution in [0.25, 0.3) is 0 Å². The Bertz CT molecular complexity index is 919. The van der Waals surface area contributed by atoms with Crippen molar-refractivity contribution in [3.63, 3.8) is 0 Å². The van der Waals surface area contributed by atoms with Gasteiger partial charge in [-0.1, -0.05) is 75.8 Å². The number of rotatable bonds is 9. The molecule has 31 heavy (non-hydrogen) atoms. The predicted octanol–water partition coefficient (Wildman–Crippen LogP) is 4.99. The number of carbonyl (C=O) groups excluding carboxylic acids is 1. The van der Waals surface area contributed by atoms with Crippen molar-refractivity contribution in [3.8, 4) is 0 Å². The van der Waals surface area contributed by atoms with Crippen molar-refractivity contribution in [1.82, 2.24) is 9.62 Å². The second-order valence-electron chi connectivity index (χ2n) is 8.34. The number of hydrogen-bond acceptors (Lipinski definition) is 3. The number of nitrogens with zero attached hydrogens (tertiary/aromatic N) is 1. The second kappa shape index (κ2) is 11.4. The summed E-state index contributed by atoms with van der Waals surface area (Å²) in [5.74, 6) is 0.668. The van der Waals surface area contributed by atoms with Crippen LogP contribution < -0.4 is 5.32 Å². The fourth-order valence-corrected chi connectivity index (χ4v) is 5.68. The maximum Gasteiger partial charge on any atom is 0.251 e. The summed E-state index contributed by atoms with van der Waals surface area (Å²) in [6, 6.07) is 15.7. The summed E-state index contributed by atoms with van der Waals surface area (Å²) in [5, 5.41) is 3.04. The zero-order valence-corrected chi connectivity index (χ0v) is 19.2. The molecule has 168 valence electrons. The molecule has 0 bridgehead atoms. The van der Waals surface area contributed by atoms with E-state index in [0.29, 0.717) is 23.5 Å². The fraction of sp³-hybridized carbons (Fsp3) is 0.480. The minimum absolute atomic E-state index is 0.0653. The van der Waals surface area contributed by atoms with Crippen molar-refractivity contribution in [2.45, 2.75) is 63.3 Å². The first-order chi connectivity index (χ1) is 15.0. The van der Waals surface area contributed by atoms with Gasteiger partial charge in [-0.15, -0.1) is 0 Å². The van der Waals surface area contributed by atoms with Crippen LogP contribution in [0.5, 0.6) is 0 Å². The maximum absolute atomic E-state index is 12.9. The largest absolute Gasteiger partial charge is 0.352 e. The van der Waals surface area contributed by atoms with Crippen molar-refractivity contribution in [2.24, 2.45) is 5.92 Å². The van der Waals surface area contributed by atoms with Crippen LogP contribution in [0.1, 0.15) is 67.8 Å². The molecule has 0 radical (unpaired) electrons. The Morgan fingerprint density at radius 3 is 2.23 bits per heavy atom. The highest BCUT2D eigenvalue weighted by atomic mass is 32.2. The summed E-state index contributed by atoms with van der Waals surface area (Å²) in [5.41, 5.74) is 1.47. The van der Waals surface area contributed by atoms with Crippen LogP contribution in [-0.4, -0.2) is 31.7 Å². The molecule has 0 heterocycles. The van der Waals surface area contributed by atoms with E-state index in [0.717, 1.165) is 17.9 Å². The van der Waals surface area contributed by atoms with Gasteiger partial charge in [-0.2, -0.15) is 4.31 Å². The zero-order chi connectivity index (χ0) is 22.1. The first-order valence-electron chi connectivity index (χ1n) is 11.4. The summed E-state index contributed by atoms with van der Waals surface area (Å²) >= 11 is 0. The normalized spacial score (nSPS) is 15.5. The lowest BCUT2D eigenvalue weighted by Gasteiger charge is -2.20. The third-order valence-corrected chi connectivity index (χ3v) is 8.06. The van der Waals surface area contributed by atoms with E-state index in [9.17, 15) is 13.2 Å². The summed E-state index contributed by atoms with van der Waals surface area (Å²) in [6.45, 7) is 3.19. The Morgan fingerprint density at radius 1 is 0.968 bits per heavy atom. The SMILES string of the molecule is CCN(Cc1ccc(C(=O)NCCC2CCCCCC2)cc1)S(=O)(=O)c1ccccc1. The van der Waals surface area contributed by atoms with Crippen molar-refractivity contribution in [3.05, 3.63) is 65.7 Å². The molecule has 0 atom stereocenters. The minimum atomic E-state index is -3.55. The van der Waals surface area contributed by atoms with Gasteiger partial charge >= 0.3 is 0 Å². The molecule has 5 nitrogen and oxygen atoms in total. The third-order valence-electron chi connectivity index (χ3n) is 6.12. The van der Waals surface area contributed by atoms with Gasteiger partial charge < -0.3 is 5.32 Å². The lowest BCUT2D eigenvalue weighted by molar-refractivity contribution is 0.0951. The van der Waals surface area contributed by atoms with E-state index < -0.39 is 10.0 Å². The number of carbonyl (C=O) groups is 1. The highest BCUT2D eigenvalue weighted by Crippen LogP contribution is 2.25. The Kier molecular flexibility index (Phi) is 8.67. The van der Waals surface area contributed by atoms with Crippen LogP contribution >= 0.6 is 0 Å². The van der Waals surface area contributed by atoms with Gasteiger partial charge in [-0.05, 0) is 42.2 Å². The molecule has 1 N–H and O–H groups in total. The molecule has 2 aromatic rings. The van der Waals surface area contributed by atoms with E-state index in [2.05, 4.69) is 5.32 Å². The van der Waals surface area contributed by atoms with Crippen LogP contribution in [0.2, 0.25) is 0 Å². The van der Waals surface area contributed by atoms with Crippen molar-refractivity contribution in [2.75, 3.05) is 13.1 Å². The molecule has 2 aromatic carbocycles. The zero-order valence-electron chi connectivity index (χ0n) is 18.4. The quantitative estimate of drug-likeness (QED) is 0.557. The van der Waals surface area contributed by atoms with Crippen LogP contribution in [0, 0.1) is 5.92 Å². The molecule has 1 aliphatic rings. The first-order valence-corrected chi connectivity index (χ1v) is 12.9. The molecule has 0 aliphatic heterocycles. The van der Waals surface area contributed by atoms with Gasteiger partial charge in [0, 0.05) is 25.2 Å². The van der Waals surface area contributed by atoms with Crippen molar-refractivity contribution >= 4 is 15.9 Å². The van der Waals surface area contributed by atoms with Crippen LogP contribution in [0.4, 0.5) is 0 Å². The lowest BCUT2D eigenvalue weighted by Crippen LogP contribution is -2.30. The highest BCUT2D eigenvalue weighted by molar-refractivity contribution is 7.89. The number of nitrogens with one attached hydrogen (secondary N) is 1. The molecule has 0 unspecified atom stereocenters. The van der Waals surface area contributed by atoms with Crippen LogP contribution in [0.15, 0.2) is 59.5 Å². The molecule has 0 aromatic heterocycles. The molecule has 1 fully saturated rings. The van der Waals surface area contributed by atoms with Gasteiger partial charge in [-0.25, -0.2) is 8.42 Å². The van der Waals surface area contributed by atoms with Gasteiger partial charge in [0.1, 0.15) is 0 Å². The summed E-state index contributed by atoms with van der Waals surface area (Å²) in [7, 11) is -3.55. The van der Waals surface area contributed by atoms with E-state index >= 15 is 0 Å². The van der Waals surface area contributed by atoms with Crippen molar-refractivity contribution in [1.29, 1.82) is 0 Å². The monoisotopic (exact) mass is 442 g/mol. The number of amides is 1. The number of sulfonamides is 1. The van der Waals surface area contributed by atoms with Gasteiger partial charge in [-0.3, -0.25) is 4.79 Å². The Balaban J connectivity index is 1.54. The molecular weight excluding hydrogens is 408 g/mol. The summed E-state index contributed by atoms with van der Waals surface area (Å²) in [4.78, 5) is 12.8. The van der Waals surface area contributed by atoms with Crippen LogP contribution in [0.3, 0.4) is 0 Å². The predicted molar refractivity (Wildman–Crippen MR) is 124 cm³/mol. The molecule has 6 heteroatoms. The molecule has 0 spiro atoms. The van der Waals surface area contributed by atoms with E-state index in [4.69, 9.17) is 0 Å². The topological polar surface area (TPSA) is 66.5 Å². The summed E-state index contributed by atoms with van der Waals surface area (Å²) in [6.07, 6.45) is 8.93. The van der Waals surface area contributed by atoms with E-state index in [-0.39, 0.29) is 12.5 Å². The smallest absolute Gasteiger partial charge is 0.251 e. The molecule has 0 saturated heterocycles. The van der Waals surface area contributed by atoms with Gasteiger partial charge in [0.2, 0.25) is 10.0 Å². The maximum atomic E-state index is 12.9. The average molecular weight is 443 g/mol. The van der Waals surface area contributed by atoms with E-state index in [1.165, 1.54) is 42.8 Å². The van der Waals surface area contributed by atoms with Gasteiger partial charge in [0.05, 0.1) is 4.90 Å². The standard InChI is InChI=1S/C25H34N2O3S/c1-2-27(31(29,30)24-12-8-5-9-13-24)20-22-14-16-23(17-15-22)25(28)26-19-18-21-10-6-3-4-7-11-21/h5,8-9,12-17,21H,2-4,6-7,10-11,18-20H2,1H3,(H,26,28). The third kappa shape index (κ3) is 6.65. The number of hydrogen-bond donors (Lipinski definition) is 1. The fourth-order valence-electron chi connectivity index (χ4n) is 4.22. The Hall–Kier alpha value is -2.18. The minimum Gasteiger partial charge on any atom is -0.352 e. The average Bonchev–Trinajstić information content (AvgIpc) is 3.07. The highest BCUT2D eigenvalue weighted by Gasteiger charge is 2.23. The van der Waals surface area contributed by atoms with Crippen molar-refractivity contribution < 1.29 is 13.2 Å². The Morgan fingerprint density at radius 2 is 1.61 bits per heavy atom. The molecule has 3 rings (SSSR count). The van der Waals surface area contributed by atoms with E-state index in [1.54, 1.807) is 42.5 Å². The summed E-state index contributed by atoms with van der Waals surface area (Å²) < 4.78 is 27.2. The van der Waals surface area contributed by atoms with E-state index in [1.807, 2.05) is 19.1 Å². The Labute approximate surface area is 186 Å². The van der Waals surface area contributed by atoms with Gasteiger partial charge in [0.25, 0.3) is 5.91 Å². The first kappa shape index (κ1) is 23.5. The van der Waals surface area contributed by atoms with Crippen LogP contribution in [-0.2, 0) is 16.6 Å². The van der Waals surface area contributed by atoms with Gasteiger partial charge in [0.15, 0.2) is 0 Å². The molecule has 1 saturated carbocycles. The lowest BCUT2D eigenvalue weighted by atomic mass is 9.97. The second-order valence-corrected chi connectivity index (χ2v) is 10.3. The molecular formula is C25H34N2O3S. The number of benzene rings is 2.